The molecule has 182 valence electrons. The number of hydrogen-bond donors (Lipinski definition) is 1. The van der Waals surface area contributed by atoms with Crippen molar-refractivity contribution in [3.8, 4) is 5.75 Å². The molecule has 3 rings (SSSR count). The molecule has 0 aliphatic heterocycles. The Hall–Kier alpha value is -3.47. The van der Waals surface area contributed by atoms with Crippen LogP contribution in [0.25, 0.3) is 11.0 Å². The molecule has 0 spiro atoms. The summed E-state index contributed by atoms with van der Waals surface area (Å²) in [7, 11) is 1.24. The maximum Gasteiger partial charge on any atom is 0.306 e. The van der Waals surface area contributed by atoms with Gasteiger partial charge >= 0.3 is 5.97 Å². The second kappa shape index (κ2) is 10.2. The second-order valence-corrected chi connectivity index (χ2v) is 8.31. The molecule has 2 N–H and O–H groups in total. The van der Waals surface area contributed by atoms with Gasteiger partial charge in [-0.3, -0.25) is 14.9 Å². The first-order chi connectivity index (χ1) is 16.1. The average Bonchev–Trinajstić information content (AvgIpc) is 3.12. The van der Waals surface area contributed by atoms with Crippen LogP contribution in [0.4, 0.5) is 5.82 Å². The highest BCUT2D eigenvalue weighted by Crippen LogP contribution is 2.43. The number of nitro groups is 1. The van der Waals surface area contributed by atoms with E-state index in [-0.39, 0.29) is 6.42 Å². The largest absolute Gasteiger partial charge is 0.493 e. The molecule has 0 saturated heterocycles. The fraction of sp³-hybridized carbons (Fsp3) is 0.455. The van der Waals surface area contributed by atoms with E-state index < -0.39 is 29.4 Å². The molecule has 2 atom stereocenters. The van der Waals surface area contributed by atoms with Crippen LogP contribution in [0, 0.1) is 24.0 Å². The molecular formula is C22H27ClN6O5. The number of rotatable bonds is 9. The quantitative estimate of drug-likeness (QED) is 0.269. The molecule has 0 aliphatic carbocycles. The lowest BCUT2D eigenvalue weighted by atomic mass is 9.87. The minimum Gasteiger partial charge on any atom is -0.493 e. The fourth-order valence-electron chi connectivity index (χ4n) is 4.17. The Kier molecular flexibility index (Phi) is 7.55. The Balaban J connectivity index is 2.26. The van der Waals surface area contributed by atoms with Gasteiger partial charge in [0.2, 0.25) is 6.54 Å². The molecule has 11 nitrogen and oxygen atoms in total. The molecule has 0 aliphatic rings. The first kappa shape index (κ1) is 25.2. The molecule has 2 aromatic heterocycles. The minimum absolute atomic E-state index is 0.194. The van der Waals surface area contributed by atoms with Crippen molar-refractivity contribution in [1.29, 1.82) is 0 Å². The number of aryl methyl sites for hydroxylation is 1. The van der Waals surface area contributed by atoms with Crippen molar-refractivity contribution in [2.75, 3.05) is 26.0 Å². The van der Waals surface area contributed by atoms with Crippen LogP contribution in [-0.2, 0) is 9.53 Å². The lowest BCUT2D eigenvalue weighted by Crippen LogP contribution is -2.21. The molecule has 2 heterocycles. The molecule has 0 saturated carbocycles. The van der Waals surface area contributed by atoms with Gasteiger partial charge in [-0.15, -0.1) is 0 Å². The highest BCUT2D eigenvalue weighted by molar-refractivity contribution is 6.31. The SMILES string of the molecule is CCOc1c(C(C)n2nc(C)c3c(N)ncnc32)cc(Cl)c(C)c1C(CC(=O)OC)C[N+](=O)[O-]. The lowest BCUT2D eigenvalue weighted by molar-refractivity contribution is -0.483. The number of nitrogens with zero attached hydrogens (tertiary/aromatic N) is 5. The number of nitrogens with two attached hydrogens (primary N) is 1. The van der Waals surface area contributed by atoms with Gasteiger partial charge in [-0.1, -0.05) is 11.6 Å². The maximum atomic E-state index is 12.1. The first-order valence-corrected chi connectivity index (χ1v) is 11.1. The predicted octanol–water partition coefficient (Wildman–Crippen LogP) is 3.61. The fourth-order valence-corrected chi connectivity index (χ4v) is 4.38. The zero-order chi connectivity index (χ0) is 25.2. The van der Waals surface area contributed by atoms with Crippen LogP contribution in [0.15, 0.2) is 12.4 Å². The van der Waals surface area contributed by atoms with E-state index in [0.717, 1.165) is 0 Å². The first-order valence-electron chi connectivity index (χ1n) is 10.7. The van der Waals surface area contributed by atoms with Gasteiger partial charge in [-0.2, -0.15) is 5.10 Å². The zero-order valence-electron chi connectivity index (χ0n) is 19.7. The topological polar surface area (TPSA) is 148 Å². The third-order valence-electron chi connectivity index (χ3n) is 5.77. The summed E-state index contributed by atoms with van der Waals surface area (Å²) in [5, 5.41) is 17.1. The van der Waals surface area contributed by atoms with E-state index in [1.807, 2.05) is 20.8 Å². The van der Waals surface area contributed by atoms with E-state index in [1.165, 1.54) is 13.4 Å². The summed E-state index contributed by atoms with van der Waals surface area (Å²) in [5.41, 5.74) is 8.99. The summed E-state index contributed by atoms with van der Waals surface area (Å²) in [6.07, 6.45) is 1.17. The maximum absolute atomic E-state index is 12.1. The Morgan fingerprint density at radius 3 is 2.68 bits per heavy atom. The molecule has 2 unspecified atom stereocenters. The van der Waals surface area contributed by atoms with Crippen LogP contribution in [0.2, 0.25) is 5.02 Å². The van der Waals surface area contributed by atoms with E-state index in [1.54, 1.807) is 17.7 Å². The Morgan fingerprint density at radius 2 is 2.06 bits per heavy atom. The van der Waals surface area contributed by atoms with E-state index >= 15 is 0 Å². The van der Waals surface area contributed by atoms with Crippen molar-refractivity contribution in [3.63, 3.8) is 0 Å². The highest BCUT2D eigenvalue weighted by Gasteiger charge is 2.32. The number of benzene rings is 1. The van der Waals surface area contributed by atoms with Gasteiger partial charge in [0.15, 0.2) is 5.65 Å². The Bertz CT molecular complexity index is 1240. The number of carbonyl (C=O) groups excluding carboxylic acids is 1. The Labute approximate surface area is 201 Å². The second-order valence-electron chi connectivity index (χ2n) is 7.90. The molecule has 1 aromatic carbocycles. The lowest BCUT2D eigenvalue weighted by Gasteiger charge is -2.25. The third kappa shape index (κ3) is 4.74. The van der Waals surface area contributed by atoms with E-state index in [9.17, 15) is 14.9 Å². The monoisotopic (exact) mass is 490 g/mol. The van der Waals surface area contributed by atoms with Crippen LogP contribution in [0.1, 0.15) is 54.6 Å². The minimum atomic E-state index is -0.803. The molecule has 0 bridgehead atoms. The van der Waals surface area contributed by atoms with Crippen molar-refractivity contribution < 1.29 is 19.2 Å². The highest BCUT2D eigenvalue weighted by atomic mass is 35.5. The number of hydrogen-bond acceptors (Lipinski definition) is 9. The van der Waals surface area contributed by atoms with Gasteiger partial charge in [-0.05, 0) is 39.3 Å². The van der Waals surface area contributed by atoms with E-state index in [0.29, 0.717) is 56.6 Å². The molecule has 12 heteroatoms. The van der Waals surface area contributed by atoms with Crippen molar-refractivity contribution in [3.05, 3.63) is 49.9 Å². The van der Waals surface area contributed by atoms with Crippen molar-refractivity contribution in [2.45, 2.75) is 46.1 Å². The van der Waals surface area contributed by atoms with Crippen molar-refractivity contribution in [1.82, 2.24) is 19.7 Å². The summed E-state index contributed by atoms with van der Waals surface area (Å²) in [4.78, 5) is 31.5. The zero-order valence-corrected chi connectivity index (χ0v) is 20.4. The van der Waals surface area contributed by atoms with Gasteiger partial charge in [0.25, 0.3) is 0 Å². The number of aromatic nitrogens is 4. The molecular weight excluding hydrogens is 464 g/mol. The normalized spacial score (nSPS) is 13.0. The summed E-state index contributed by atoms with van der Waals surface area (Å²) in [5.74, 6) is -0.624. The van der Waals surface area contributed by atoms with E-state index in [2.05, 4.69) is 15.1 Å². The predicted molar refractivity (Wildman–Crippen MR) is 127 cm³/mol. The molecule has 34 heavy (non-hydrogen) atoms. The van der Waals surface area contributed by atoms with Crippen LogP contribution < -0.4 is 10.5 Å². The van der Waals surface area contributed by atoms with Crippen molar-refractivity contribution >= 4 is 34.4 Å². The molecule has 0 fully saturated rings. The van der Waals surface area contributed by atoms with Crippen LogP contribution >= 0.6 is 11.6 Å². The molecule has 0 radical (unpaired) electrons. The van der Waals surface area contributed by atoms with Crippen molar-refractivity contribution in [2.24, 2.45) is 0 Å². The van der Waals surface area contributed by atoms with Gasteiger partial charge in [0.05, 0.1) is 43.2 Å². The molecule has 0 amide bonds. The average molecular weight is 491 g/mol. The summed E-state index contributed by atoms with van der Waals surface area (Å²) in [6.45, 7) is 7.07. The number of ether oxygens (including phenoxy) is 2. The van der Waals surface area contributed by atoms with Gasteiger partial charge < -0.3 is 15.2 Å². The summed E-state index contributed by atoms with van der Waals surface area (Å²) in [6, 6.07) is 1.32. The summed E-state index contributed by atoms with van der Waals surface area (Å²) >= 11 is 6.61. The van der Waals surface area contributed by atoms with Crippen LogP contribution in [0.5, 0.6) is 5.75 Å². The smallest absolute Gasteiger partial charge is 0.306 e. The third-order valence-corrected chi connectivity index (χ3v) is 6.16. The number of carbonyl (C=O) groups is 1. The molecule has 3 aromatic rings. The number of methoxy groups -OCH3 is 1. The Morgan fingerprint density at radius 1 is 1.35 bits per heavy atom. The number of fused-ring (bicyclic) bond motifs is 1. The number of esters is 1. The van der Waals surface area contributed by atoms with Gasteiger partial charge in [0, 0.05) is 21.1 Å². The number of nitrogen functional groups attached to an aromatic ring is 1. The van der Waals surface area contributed by atoms with Gasteiger partial charge in [0.1, 0.15) is 17.9 Å². The number of halogens is 1. The van der Waals surface area contributed by atoms with Crippen LogP contribution in [0.3, 0.4) is 0 Å². The number of anilines is 1. The summed E-state index contributed by atoms with van der Waals surface area (Å²) < 4.78 is 12.5. The van der Waals surface area contributed by atoms with Gasteiger partial charge in [-0.25, -0.2) is 14.6 Å². The van der Waals surface area contributed by atoms with E-state index in [4.69, 9.17) is 26.8 Å². The van der Waals surface area contributed by atoms with Crippen LogP contribution in [-0.4, -0.2) is 50.9 Å². The standard InChI is InChI=1S/C22H27ClN6O5/c1-6-34-20-15(13(4)29-22-19(12(3)27-29)21(24)25-10-26-22)8-16(23)11(2)18(20)14(9-28(31)32)7-17(30)33-5/h8,10,13-14H,6-7,9H2,1-5H3,(H2,24,25,26).